The predicted molar refractivity (Wildman–Crippen MR) is 51.6 cm³/mol. The van der Waals surface area contributed by atoms with E-state index in [1.165, 1.54) is 6.26 Å². The number of urea groups is 1. The lowest BCUT2D eigenvalue weighted by atomic mass is 10.1. The highest BCUT2D eigenvalue weighted by Crippen LogP contribution is 1.98. The number of hydrogen-bond acceptors (Lipinski definition) is 3. The van der Waals surface area contributed by atoms with Crippen LogP contribution in [0.5, 0.6) is 0 Å². The summed E-state index contributed by atoms with van der Waals surface area (Å²) in [4.78, 5) is 11.3. The minimum Gasteiger partial charge on any atom is -0.364 e. The SMILES string of the molecule is CC(C)(C)NC(=O)NCc1ccon1. The number of carbonyl (C=O) groups is 1. The zero-order valence-corrected chi connectivity index (χ0v) is 8.63. The van der Waals surface area contributed by atoms with E-state index in [9.17, 15) is 4.79 Å². The normalized spacial score (nSPS) is 11.1. The molecule has 0 fully saturated rings. The summed E-state index contributed by atoms with van der Waals surface area (Å²) >= 11 is 0. The molecule has 1 rings (SSSR count). The van der Waals surface area contributed by atoms with Crippen molar-refractivity contribution >= 4 is 6.03 Å². The molecule has 1 aromatic rings. The number of carbonyl (C=O) groups excluding carboxylic acids is 1. The van der Waals surface area contributed by atoms with Crippen LogP contribution in [0.4, 0.5) is 4.79 Å². The Hall–Kier alpha value is -1.52. The summed E-state index contributed by atoms with van der Waals surface area (Å²) in [5.41, 5.74) is 0.475. The van der Waals surface area contributed by atoms with E-state index in [2.05, 4.69) is 20.3 Å². The van der Waals surface area contributed by atoms with Gasteiger partial charge in [-0.1, -0.05) is 5.16 Å². The number of rotatable bonds is 2. The first-order valence-electron chi connectivity index (χ1n) is 4.43. The Kier molecular flexibility index (Phi) is 3.11. The fraction of sp³-hybridized carbons (Fsp3) is 0.556. The van der Waals surface area contributed by atoms with Crippen LogP contribution in [0.1, 0.15) is 26.5 Å². The standard InChI is InChI=1S/C9H15N3O2/c1-9(2,3)11-8(13)10-6-7-4-5-14-12-7/h4-5H,6H2,1-3H3,(H2,10,11,13). The molecule has 0 unspecified atom stereocenters. The monoisotopic (exact) mass is 197 g/mol. The van der Waals surface area contributed by atoms with Crippen LogP contribution in [0.3, 0.4) is 0 Å². The third-order valence-corrected chi connectivity index (χ3v) is 1.41. The van der Waals surface area contributed by atoms with Gasteiger partial charge in [-0.05, 0) is 20.8 Å². The van der Waals surface area contributed by atoms with Crippen molar-refractivity contribution < 1.29 is 9.32 Å². The van der Waals surface area contributed by atoms with E-state index in [0.717, 1.165) is 0 Å². The first-order chi connectivity index (χ1) is 6.47. The lowest BCUT2D eigenvalue weighted by Gasteiger charge is -2.20. The molecular weight excluding hydrogens is 182 g/mol. The summed E-state index contributed by atoms with van der Waals surface area (Å²) in [5, 5.41) is 9.11. The Bertz CT molecular complexity index is 288. The van der Waals surface area contributed by atoms with Gasteiger partial charge < -0.3 is 15.2 Å². The third kappa shape index (κ3) is 3.93. The fourth-order valence-electron chi connectivity index (χ4n) is 0.884. The largest absolute Gasteiger partial charge is 0.364 e. The van der Waals surface area contributed by atoms with Crippen molar-refractivity contribution in [2.24, 2.45) is 0 Å². The van der Waals surface area contributed by atoms with Gasteiger partial charge in [-0.15, -0.1) is 0 Å². The molecular formula is C9H15N3O2. The Morgan fingerprint density at radius 3 is 2.79 bits per heavy atom. The average Bonchev–Trinajstić information content (AvgIpc) is 2.49. The van der Waals surface area contributed by atoms with Gasteiger partial charge in [0.2, 0.25) is 0 Å². The molecule has 0 radical (unpaired) electrons. The molecule has 0 aliphatic carbocycles. The maximum Gasteiger partial charge on any atom is 0.315 e. The number of nitrogens with one attached hydrogen (secondary N) is 2. The van der Waals surface area contributed by atoms with Gasteiger partial charge in [0.05, 0.1) is 6.54 Å². The quantitative estimate of drug-likeness (QED) is 0.750. The van der Waals surface area contributed by atoms with Gasteiger partial charge in [0, 0.05) is 11.6 Å². The van der Waals surface area contributed by atoms with Crippen molar-refractivity contribution in [2.75, 3.05) is 0 Å². The second-order valence-electron chi connectivity index (χ2n) is 4.05. The van der Waals surface area contributed by atoms with E-state index < -0.39 is 0 Å². The summed E-state index contributed by atoms with van der Waals surface area (Å²) in [6, 6.07) is 1.50. The van der Waals surface area contributed by atoms with E-state index in [1.807, 2.05) is 20.8 Å². The third-order valence-electron chi connectivity index (χ3n) is 1.41. The van der Waals surface area contributed by atoms with Crippen LogP contribution in [0.2, 0.25) is 0 Å². The average molecular weight is 197 g/mol. The zero-order chi connectivity index (χ0) is 10.6. The second kappa shape index (κ2) is 4.13. The van der Waals surface area contributed by atoms with Crippen molar-refractivity contribution in [3.8, 4) is 0 Å². The molecule has 0 atom stereocenters. The lowest BCUT2D eigenvalue weighted by molar-refractivity contribution is 0.231. The van der Waals surface area contributed by atoms with Crippen LogP contribution in [-0.2, 0) is 6.54 Å². The summed E-state index contributed by atoms with van der Waals surface area (Å²) in [7, 11) is 0. The molecule has 2 amide bonds. The van der Waals surface area contributed by atoms with Crippen molar-refractivity contribution in [3.05, 3.63) is 18.0 Å². The summed E-state index contributed by atoms with van der Waals surface area (Å²) in [6.07, 6.45) is 1.47. The molecule has 0 aliphatic heterocycles. The number of hydrogen-bond donors (Lipinski definition) is 2. The second-order valence-corrected chi connectivity index (χ2v) is 4.05. The Morgan fingerprint density at radius 1 is 1.57 bits per heavy atom. The zero-order valence-electron chi connectivity index (χ0n) is 8.63. The molecule has 0 bridgehead atoms. The van der Waals surface area contributed by atoms with Gasteiger partial charge in [-0.25, -0.2) is 4.79 Å². The smallest absolute Gasteiger partial charge is 0.315 e. The van der Waals surface area contributed by atoms with E-state index in [-0.39, 0.29) is 11.6 Å². The van der Waals surface area contributed by atoms with Crippen molar-refractivity contribution in [3.63, 3.8) is 0 Å². The molecule has 1 heterocycles. The van der Waals surface area contributed by atoms with Gasteiger partial charge in [-0.3, -0.25) is 0 Å². The minimum atomic E-state index is -0.228. The van der Waals surface area contributed by atoms with Crippen LogP contribution in [0.15, 0.2) is 16.9 Å². The van der Waals surface area contributed by atoms with E-state index in [1.54, 1.807) is 6.07 Å². The number of nitrogens with zero attached hydrogens (tertiary/aromatic N) is 1. The van der Waals surface area contributed by atoms with Gasteiger partial charge in [0.1, 0.15) is 12.0 Å². The van der Waals surface area contributed by atoms with Crippen molar-refractivity contribution in [1.82, 2.24) is 15.8 Å². The number of amides is 2. The summed E-state index contributed by atoms with van der Waals surface area (Å²) < 4.78 is 4.63. The van der Waals surface area contributed by atoms with Crippen LogP contribution in [-0.4, -0.2) is 16.7 Å². The molecule has 0 saturated carbocycles. The molecule has 5 heteroatoms. The van der Waals surface area contributed by atoms with Gasteiger partial charge >= 0.3 is 6.03 Å². The topological polar surface area (TPSA) is 67.2 Å². The molecule has 5 nitrogen and oxygen atoms in total. The van der Waals surface area contributed by atoms with Crippen LogP contribution in [0.25, 0.3) is 0 Å². The van der Waals surface area contributed by atoms with Crippen LogP contribution >= 0.6 is 0 Å². The van der Waals surface area contributed by atoms with Gasteiger partial charge in [0.15, 0.2) is 0 Å². The highest BCUT2D eigenvalue weighted by atomic mass is 16.5. The van der Waals surface area contributed by atoms with Crippen LogP contribution in [0, 0.1) is 0 Å². The lowest BCUT2D eigenvalue weighted by Crippen LogP contribution is -2.46. The molecule has 14 heavy (non-hydrogen) atoms. The molecule has 2 N–H and O–H groups in total. The fourth-order valence-corrected chi connectivity index (χ4v) is 0.884. The van der Waals surface area contributed by atoms with Crippen molar-refractivity contribution in [2.45, 2.75) is 32.9 Å². The maximum atomic E-state index is 11.3. The molecule has 0 aliphatic rings. The van der Waals surface area contributed by atoms with E-state index in [0.29, 0.717) is 12.2 Å². The van der Waals surface area contributed by atoms with Gasteiger partial charge in [0.25, 0.3) is 0 Å². The Morgan fingerprint density at radius 2 is 2.29 bits per heavy atom. The van der Waals surface area contributed by atoms with E-state index in [4.69, 9.17) is 0 Å². The first kappa shape index (κ1) is 10.6. The minimum absolute atomic E-state index is 0.208. The summed E-state index contributed by atoms with van der Waals surface area (Å²) in [6.45, 7) is 6.13. The van der Waals surface area contributed by atoms with E-state index >= 15 is 0 Å². The van der Waals surface area contributed by atoms with Crippen molar-refractivity contribution in [1.29, 1.82) is 0 Å². The highest BCUT2D eigenvalue weighted by Gasteiger charge is 2.13. The highest BCUT2D eigenvalue weighted by molar-refractivity contribution is 5.74. The molecule has 0 saturated heterocycles. The molecule has 78 valence electrons. The molecule has 1 aromatic heterocycles. The number of aromatic nitrogens is 1. The molecule has 0 aromatic carbocycles. The first-order valence-corrected chi connectivity index (χ1v) is 4.43. The molecule has 0 spiro atoms. The summed E-state index contributed by atoms with van der Waals surface area (Å²) in [5.74, 6) is 0. The van der Waals surface area contributed by atoms with Gasteiger partial charge in [-0.2, -0.15) is 0 Å². The Labute approximate surface area is 82.8 Å². The Balaban J connectivity index is 2.29. The predicted octanol–water partition coefficient (Wildman–Crippen LogP) is 1.27. The van der Waals surface area contributed by atoms with Crippen LogP contribution < -0.4 is 10.6 Å². The maximum absolute atomic E-state index is 11.3.